The second-order valence-corrected chi connectivity index (χ2v) is 7.86. The summed E-state index contributed by atoms with van der Waals surface area (Å²) in [6.45, 7) is 8.33. The van der Waals surface area contributed by atoms with Gasteiger partial charge < -0.3 is 24.4 Å². The summed E-state index contributed by atoms with van der Waals surface area (Å²) in [4.78, 5) is 35.7. The third kappa shape index (κ3) is 8.60. The standard InChI is InChI=1S/C12H21NO4.C7H13NO2/c1-12(2,3)17-11(15)13-7-5-6-9(8-13)10(14)16-4;1-10-7(9)6-3-2-4-8-5-6/h9H,5-8H2,1-4H3;6,8H,2-5H2,1H3/t9-;6-/m00/s1. The van der Waals surface area contributed by atoms with Gasteiger partial charge >= 0.3 is 18.0 Å². The van der Waals surface area contributed by atoms with Crippen LogP contribution in [0.5, 0.6) is 0 Å². The van der Waals surface area contributed by atoms with Gasteiger partial charge in [-0.05, 0) is 53.0 Å². The van der Waals surface area contributed by atoms with Crippen molar-refractivity contribution < 1.29 is 28.6 Å². The van der Waals surface area contributed by atoms with E-state index in [1.54, 1.807) is 4.90 Å². The number of hydrogen-bond donors (Lipinski definition) is 1. The SMILES string of the molecule is COC(=O)[C@H]1CCCN(C(=O)OC(C)(C)C)C1.COC(=O)[C@H]1CCCNC1. The summed E-state index contributed by atoms with van der Waals surface area (Å²) in [5, 5.41) is 3.15. The van der Waals surface area contributed by atoms with Gasteiger partial charge in [-0.1, -0.05) is 0 Å². The highest BCUT2D eigenvalue weighted by Gasteiger charge is 2.31. The van der Waals surface area contributed by atoms with Crippen LogP contribution >= 0.6 is 0 Å². The highest BCUT2D eigenvalue weighted by Crippen LogP contribution is 2.20. The molecule has 2 atom stereocenters. The number of ether oxygens (including phenoxy) is 3. The molecule has 2 rings (SSSR count). The Morgan fingerprint density at radius 3 is 2.07 bits per heavy atom. The van der Waals surface area contributed by atoms with Crippen LogP contribution in [-0.4, -0.2) is 68.9 Å². The zero-order chi connectivity index (χ0) is 20.4. The molecule has 156 valence electrons. The van der Waals surface area contributed by atoms with E-state index in [1.165, 1.54) is 14.2 Å². The molecule has 8 nitrogen and oxygen atoms in total. The molecular formula is C19H34N2O6. The van der Waals surface area contributed by atoms with Gasteiger partial charge in [-0.25, -0.2) is 4.79 Å². The summed E-state index contributed by atoms with van der Waals surface area (Å²) in [5.74, 6) is -0.453. The number of methoxy groups -OCH3 is 2. The first-order valence-corrected chi connectivity index (χ1v) is 9.52. The maximum absolute atomic E-state index is 11.8. The minimum atomic E-state index is -0.505. The Hall–Kier alpha value is -1.83. The highest BCUT2D eigenvalue weighted by atomic mass is 16.6. The van der Waals surface area contributed by atoms with Gasteiger partial charge in [0.1, 0.15) is 5.60 Å². The van der Waals surface area contributed by atoms with Gasteiger partial charge in [-0.3, -0.25) is 9.59 Å². The molecule has 2 aliphatic rings. The molecular weight excluding hydrogens is 352 g/mol. The lowest BCUT2D eigenvalue weighted by atomic mass is 9.99. The smallest absolute Gasteiger partial charge is 0.410 e. The predicted octanol–water partition coefficient (Wildman–Crippen LogP) is 1.97. The Balaban J connectivity index is 0.000000309. The van der Waals surface area contributed by atoms with Gasteiger partial charge in [-0.15, -0.1) is 0 Å². The van der Waals surface area contributed by atoms with E-state index in [0.717, 1.165) is 38.8 Å². The van der Waals surface area contributed by atoms with Crippen LogP contribution in [-0.2, 0) is 23.8 Å². The van der Waals surface area contributed by atoms with Crippen molar-refractivity contribution in [3.63, 3.8) is 0 Å². The average Bonchev–Trinajstić information content (AvgIpc) is 2.66. The fourth-order valence-electron chi connectivity index (χ4n) is 3.05. The number of nitrogens with one attached hydrogen (secondary N) is 1. The summed E-state index contributed by atoms with van der Waals surface area (Å²) in [7, 11) is 2.81. The molecule has 2 aliphatic heterocycles. The molecule has 1 amide bonds. The topological polar surface area (TPSA) is 94.2 Å². The highest BCUT2D eigenvalue weighted by molar-refractivity contribution is 5.75. The van der Waals surface area contributed by atoms with E-state index in [0.29, 0.717) is 13.1 Å². The van der Waals surface area contributed by atoms with Crippen LogP contribution in [0.2, 0.25) is 0 Å². The van der Waals surface area contributed by atoms with Crippen LogP contribution in [0.3, 0.4) is 0 Å². The molecule has 0 bridgehead atoms. The van der Waals surface area contributed by atoms with Crippen LogP contribution < -0.4 is 5.32 Å². The van der Waals surface area contributed by atoms with Crippen LogP contribution in [0.15, 0.2) is 0 Å². The van der Waals surface area contributed by atoms with Crippen LogP contribution in [0, 0.1) is 11.8 Å². The van der Waals surface area contributed by atoms with Crippen molar-refractivity contribution in [3.05, 3.63) is 0 Å². The number of nitrogens with zero attached hydrogens (tertiary/aromatic N) is 1. The predicted molar refractivity (Wildman–Crippen MR) is 100 cm³/mol. The molecule has 1 N–H and O–H groups in total. The van der Waals surface area contributed by atoms with Gasteiger partial charge in [0.15, 0.2) is 0 Å². The average molecular weight is 386 g/mol. The second-order valence-electron chi connectivity index (χ2n) is 7.86. The molecule has 0 aliphatic carbocycles. The Labute approximate surface area is 161 Å². The lowest BCUT2D eigenvalue weighted by molar-refractivity contribution is -0.147. The number of piperidine rings is 2. The molecule has 2 fully saturated rings. The first-order valence-electron chi connectivity index (χ1n) is 9.52. The minimum absolute atomic E-state index is 0.0767. The van der Waals surface area contributed by atoms with E-state index >= 15 is 0 Å². The lowest BCUT2D eigenvalue weighted by Gasteiger charge is -2.32. The summed E-state index contributed by atoms with van der Waals surface area (Å²) in [6, 6.07) is 0. The molecule has 8 heteroatoms. The summed E-state index contributed by atoms with van der Waals surface area (Å²) >= 11 is 0. The van der Waals surface area contributed by atoms with E-state index < -0.39 is 5.60 Å². The number of carbonyl (C=O) groups is 3. The first kappa shape index (κ1) is 23.2. The third-order valence-electron chi connectivity index (χ3n) is 4.44. The zero-order valence-corrected chi connectivity index (χ0v) is 17.2. The monoisotopic (exact) mass is 386 g/mol. The Kier molecular flexibility index (Phi) is 9.55. The lowest BCUT2D eigenvalue weighted by Crippen LogP contribution is -2.44. The number of hydrogen-bond acceptors (Lipinski definition) is 7. The number of esters is 2. The van der Waals surface area contributed by atoms with Crippen molar-refractivity contribution in [3.8, 4) is 0 Å². The summed E-state index contributed by atoms with van der Waals surface area (Å²) in [5.41, 5.74) is -0.505. The largest absolute Gasteiger partial charge is 0.469 e. The maximum atomic E-state index is 11.8. The molecule has 0 radical (unpaired) electrons. The second kappa shape index (κ2) is 11.1. The number of likely N-dealkylation sites (tertiary alicyclic amines) is 1. The molecule has 27 heavy (non-hydrogen) atoms. The fourth-order valence-corrected chi connectivity index (χ4v) is 3.05. The summed E-state index contributed by atoms with van der Waals surface area (Å²) < 4.78 is 14.6. The molecule has 2 saturated heterocycles. The van der Waals surface area contributed by atoms with E-state index in [1.807, 2.05) is 20.8 Å². The van der Waals surface area contributed by atoms with Gasteiger partial charge in [-0.2, -0.15) is 0 Å². The fraction of sp³-hybridized carbons (Fsp3) is 0.842. The first-order chi connectivity index (χ1) is 12.7. The van der Waals surface area contributed by atoms with Crippen LogP contribution in [0.1, 0.15) is 46.5 Å². The van der Waals surface area contributed by atoms with Crippen molar-refractivity contribution in [2.24, 2.45) is 11.8 Å². The Morgan fingerprint density at radius 1 is 0.963 bits per heavy atom. The van der Waals surface area contributed by atoms with Crippen molar-refractivity contribution in [1.29, 1.82) is 0 Å². The van der Waals surface area contributed by atoms with Crippen LogP contribution in [0.25, 0.3) is 0 Å². The van der Waals surface area contributed by atoms with Crippen LogP contribution in [0.4, 0.5) is 4.79 Å². The van der Waals surface area contributed by atoms with Crippen molar-refractivity contribution in [2.75, 3.05) is 40.4 Å². The van der Waals surface area contributed by atoms with Crippen molar-refractivity contribution in [1.82, 2.24) is 10.2 Å². The molecule has 0 aromatic rings. The maximum Gasteiger partial charge on any atom is 0.410 e. The third-order valence-corrected chi connectivity index (χ3v) is 4.44. The van der Waals surface area contributed by atoms with Gasteiger partial charge in [0.2, 0.25) is 0 Å². The quantitative estimate of drug-likeness (QED) is 0.573. The molecule has 0 aromatic carbocycles. The molecule has 0 spiro atoms. The minimum Gasteiger partial charge on any atom is -0.469 e. The van der Waals surface area contributed by atoms with Gasteiger partial charge in [0.05, 0.1) is 26.1 Å². The van der Waals surface area contributed by atoms with Crippen molar-refractivity contribution >= 4 is 18.0 Å². The molecule has 2 heterocycles. The molecule has 0 saturated carbocycles. The Morgan fingerprint density at radius 2 is 1.56 bits per heavy atom. The number of amides is 1. The molecule has 0 aromatic heterocycles. The van der Waals surface area contributed by atoms with E-state index in [2.05, 4.69) is 10.1 Å². The Bertz CT molecular complexity index is 497. The van der Waals surface area contributed by atoms with Gasteiger partial charge in [0.25, 0.3) is 0 Å². The van der Waals surface area contributed by atoms with E-state index in [-0.39, 0.29) is 29.9 Å². The van der Waals surface area contributed by atoms with E-state index in [9.17, 15) is 14.4 Å². The normalized spacial score (nSPS) is 22.8. The molecule has 0 unspecified atom stereocenters. The zero-order valence-electron chi connectivity index (χ0n) is 17.2. The number of rotatable bonds is 2. The van der Waals surface area contributed by atoms with Gasteiger partial charge in [0, 0.05) is 19.6 Å². The summed E-state index contributed by atoms with van der Waals surface area (Å²) in [6.07, 6.45) is 3.27. The van der Waals surface area contributed by atoms with E-state index in [4.69, 9.17) is 9.47 Å². The number of carbonyl (C=O) groups excluding carboxylic acids is 3. The van der Waals surface area contributed by atoms with Crippen molar-refractivity contribution in [2.45, 2.75) is 52.1 Å².